The van der Waals surface area contributed by atoms with Crippen LogP contribution < -0.4 is 5.32 Å². The number of nitrogens with one attached hydrogen (secondary N) is 1. The van der Waals surface area contributed by atoms with Crippen molar-refractivity contribution in [3.63, 3.8) is 0 Å². The first-order valence-corrected chi connectivity index (χ1v) is 5.29. The minimum Gasteiger partial charge on any atom is -0.325 e. The number of hydrogen-bond donors (Lipinski definition) is 1. The van der Waals surface area contributed by atoms with Gasteiger partial charge in [0.1, 0.15) is 0 Å². The largest absolute Gasteiger partial charge is 0.325 e. The summed E-state index contributed by atoms with van der Waals surface area (Å²) in [6.07, 6.45) is 1.79. The van der Waals surface area contributed by atoms with Gasteiger partial charge in [-0.3, -0.25) is 0 Å². The number of hydrogen-bond acceptors (Lipinski definition) is 1. The number of amides is 2. The third-order valence-electron chi connectivity index (χ3n) is 2.67. The van der Waals surface area contributed by atoms with Crippen LogP contribution >= 0.6 is 0 Å². The van der Waals surface area contributed by atoms with Gasteiger partial charge >= 0.3 is 6.03 Å². The highest BCUT2D eigenvalue weighted by molar-refractivity contribution is 5.89. The number of carbonyl (C=O) groups is 1. The van der Waals surface area contributed by atoms with Crippen molar-refractivity contribution in [3.8, 4) is 0 Å². The maximum absolute atomic E-state index is 13.3. The molecule has 2 amide bonds. The Hall–Kier alpha value is -1.72. The molecule has 1 aromatic rings. The van der Waals surface area contributed by atoms with E-state index in [9.17, 15) is 18.0 Å². The highest BCUT2D eigenvalue weighted by atomic mass is 19.2. The molecule has 0 saturated carbocycles. The van der Waals surface area contributed by atoms with Crippen LogP contribution in [-0.4, -0.2) is 24.0 Å². The van der Waals surface area contributed by atoms with Gasteiger partial charge in [0, 0.05) is 13.1 Å². The molecular weight excluding hydrogens is 233 g/mol. The minimum atomic E-state index is -1.58. The third-order valence-corrected chi connectivity index (χ3v) is 2.67. The zero-order valence-electron chi connectivity index (χ0n) is 8.97. The van der Waals surface area contributed by atoms with Crippen LogP contribution in [0.2, 0.25) is 0 Å². The summed E-state index contributed by atoms with van der Waals surface area (Å²) in [6.45, 7) is 1.19. The number of urea groups is 1. The predicted octanol–water partition coefficient (Wildman–Crippen LogP) is 2.73. The van der Waals surface area contributed by atoms with Crippen molar-refractivity contribution in [1.82, 2.24) is 4.90 Å². The Balaban J connectivity index is 2.13. The molecule has 0 spiro atoms. The highest BCUT2D eigenvalue weighted by Gasteiger charge is 2.20. The van der Waals surface area contributed by atoms with Gasteiger partial charge in [-0.15, -0.1) is 0 Å². The molecule has 1 aliphatic heterocycles. The van der Waals surface area contributed by atoms with Gasteiger partial charge in [-0.05, 0) is 25.0 Å². The quantitative estimate of drug-likeness (QED) is 0.757. The summed E-state index contributed by atoms with van der Waals surface area (Å²) in [6, 6.07) is 1.28. The summed E-state index contributed by atoms with van der Waals surface area (Å²) in [5, 5.41) is 2.23. The normalized spacial score (nSPS) is 15.1. The van der Waals surface area contributed by atoms with E-state index in [4.69, 9.17) is 0 Å². The zero-order chi connectivity index (χ0) is 12.4. The van der Waals surface area contributed by atoms with E-state index in [0.717, 1.165) is 25.0 Å². The molecule has 92 valence electrons. The van der Waals surface area contributed by atoms with Crippen LogP contribution in [-0.2, 0) is 0 Å². The van der Waals surface area contributed by atoms with Gasteiger partial charge in [-0.2, -0.15) is 0 Å². The van der Waals surface area contributed by atoms with Crippen LogP contribution in [0.3, 0.4) is 0 Å². The van der Waals surface area contributed by atoms with Crippen molar-refractivity contribution in [1.29, 1.82) is 0 Å². The fourth-order valence-electron chi connectivity index (χ4n) is 1.74. The summed E-state index contributed by atoms with van der Waals surface area (Å²) in [5.74, 6) is -4.23. The van der Waals surface area contributed by atoms with E-state index < -0.39 is 23.5 Å². The van der Waals surface area contributed by atoms with E-state index in [-0.39, 0.29) is 5.69 Å². The Kier molecular flexibility index (Phi) is 3.21. The lowest BCUT2D eigenvalue weighted by atomic mass is 10.3. The van der Waals surface area contributed by atoms with Gasteiger partial charge in [0.15, 0.2) is 17.5 Å². The van der Waals surface area contributed by atoms with Crippen LogP contribution in [0.15, 0.2) is 12.1 Å². The van der Waals surface area contributed by atoms with Crippen LogP contribution in [0, 0.1) is 17.5 Å². The summed E-state index contributed by atoms with van der Waals surface area (Å²) in [5.41, 5.74) is -0.346. The molecule has 1 N–H and O–H groups in total. The fourth-order valence-corrected chi connectivity index (χ4v) is 1.74. The molecule has 6 heteroatoms. The smallest absolute Gasteiger partial charge is 0.321 e. The van der Waals surface area contributed by atoms with Crippen molar-refractivity contribution in [3.05, 3.63) is 29.6 Å². The molecule has 17 heavy (non-hydrogen) atoms. The molecule has 0 unspecified atom stereocenters. The van der Waals surface area contributed by atoms with Crippen molar-refractivity contribution < 1.29 is 18.0 Å². The zero-order valence-corrected chi connectivity index (χ0v) is 8.97. The second kappa shape index (κ2) is 4.65. The second-order valence-electron chi connectivity index (χ2n) is 3.85. The SMILES string of the molecule is O=C(Nc1ccc(F)c(F)c1F)N1CCCC1. The summed E-state index contributed by atoms with van der Waals surface area (Å²) in [4.78, 5) is 13.1. The maximum atomic E-state index is 13.3. The molecular formula is C11H11F3N2O. The van der Waals surface area contributed by atoms with E-state index >= 15 is 0 Å². The van der Waals surface area contributed by atoms with Gasteiger partial charge in [-0.1, -0.05) is 0 Å². The minimum absolute atomic E-state index is 0.346. The molecule has 3 nitrogen and oxygen atoms in total. The van der Waals surface area contributed by atoms with Crippen molar-refractivity contribution >= 4 is 11.7 Å². The molecule has 0 bridgehead atoms. The lowest BCUT2D eigenvalue weighted by molar-refractivity contribution is 0.222. The topological polar surface area (TPSA) is 32.3 Å². The molecule has 1 aromatic carbocycles. The first kappa shape index (κ1) is 11.8. The third kappa shape index (κ3) is 2.35. The molecule has 2 rings (SSSR count). The molecule has 1 saturated heterocycles. The number of carbonyl (C=O) groups excluding carboxylic acids is 1. The number of benzene rings is 1. The number of nitrogens with zero attached hydrogens (tertiary/aromatic N) is 1. The number of halogens is 3. The van der Waals surface area contributed by atoms with Crippen LogP contribution in [0.5, 0.6) is 0 Å². The van der Waals surface area contributed by atoms with Gasteiger partial charge in [0.05, 0.1) is 5.69 Å². The lowest BCUT2D eigenvalue weighted by Gasteiger charge is -2.16. The summed E-state index contributed by atoms with van der Waals surface area (Å²) >= 11 is 0. The molecule has 1 heterocycles. The van der Waals surface area contributed by atoms with E-state index in [1.54, 1.807) is 0 Å². The highest BCUT2D eigenvalue weighted by Crippen LogP contribution is 2.20. The molecule has 0 atom stereocenters. The summed E-state index contributed by atoms with van der Waals surface area (Å²) in [7, 11) is 0. The monoisotopic (exact) mass is 244 g/mol. The van der Waals surface area contributed by atoms with E-state index in [1.807, 2.05) is 0 Å². The van der Waals surface area contributed by atoms with E-state index in [0.29, 0.717) is 13.1 Å². The van der Waals surface area contributed by atoms with Crippen molar-refractivity contribution in [2.24, 2.45) is 0 Å². The lowest BCUT2D eigenvalue weighted by Crippen LogP contribution is -2.32. The number of anilines is 1. The molecule has 1 fully saturated rings. The van der Waals surface area contributed by atoms with Crippen molar-refractivity contribution in [2.45, 2.75) is 12.8 Å². The summed E-state index contributed by atoms with van der Waals surface area (Å²) < 4.78 is 38.8. The average molecular weight is 244 g/mol. The molecule has 0 aliphatic carbocycles. The molecule has 0 radical (unpaired) electrons. The van der Waals surface area contributed by atoms with Crippen molar-refractivity contribution in [2.75, 3.05) is 18.4 Å². The van der Waals surface area contributed by atoms with Gasteiger partial charge in [0.2, 0.25) is 0 Å². The van der Waals surface area contributed by atoms with E-state index in [1.165, 1.54) is 4.90 Å². The maximum Gasteiger partial charge on any atom is 0.321 e. The van der Waals surface area contributed by atoms with Gasteiger partial charge in [0.25, 0.3) is 0 Å². The van der Waals surface area contributed by atoms with Gasteiger partial charge < -0.3 is 10.2 Å². The standard InChI is InChI=1S/C11H11F3N2O/c12-7-3-4-8(10(14)9(7)13)15-11(17)16-5-1-2-6-16/h3-4H,1-2,5-6H2,(H,15,17). The average Bonchev–Trinajstić information content (AvgIpc) is 2.83. The van der Waals surface area contributed by atoms with Gasteiger partial charge in [-0.25, -0.2) is 18.0 Å². The fraction of sp³-hybridized carbons (Fsp3) is 0.364. The Morgan fingerprint density at radius 2 is 1.76 bits per heavy atom. The van der Waals surface area contributed by atoms with Crippen LogP contribution in [0.4, 0.5) is 23.7 Å². The van der Waals surface area contributed by atoms with E-state index in [2.05, 4.69) is 5.32 Å². The Labute approximate surface area is 96.2 Å². The Bertz CT molecular complexity index is 445. The van der Waals surface area contributed by atoms with Crippen LogP contribution in [0.1, 0.15) is 12.8 Å². The Morgan fingerprint density at radius 3 is 2.41 bits per heavy atom. The number of rotatable bonds is 1. The molecule has 0 aromatic heterocycles. The predicted molar refractivity (Wildman–Crippen MR) is 56.1 cm³/mol. The van der Waals surface area contributed by atoms with Crippen LogP contribution in [0.25, 0.3) is 0 Å². The number of likely N-dealkylation sites (tertiary alicyclic amines) is 1. The first-order chi connectivity index (χ1) is 8.09. The second-order valence-corrected chi connectivity index (χ2v) is 3.85. The Morgan fingerprint density at radius 1 is 1.12 bits per heavy atom. The first-order valence-electron chi connectivity index (χ1n) is 5.29. The molecule has 1 aliphatic rings.